The van der Waals surface area contributed by atoms with Crippen LogP contribution in [0.5, 0.6) is 0 Å². The lowest BCUT2D eigenvalue weighted by Crippen LogP contribution is -2.38. The molecule has 3 nitrogen and oxygen atoms in total. The van der Waals surface area contributed by atoms with Crippen molar-refractivity contribution >= 4 is 0 Å². The van der Waals surface area contributed by atoms with Crippen molar-refractivity contribution in [3.63, 3.8) is 0 Å². The highest BCUT2D eigenvalue weighted by molar-refractivity contribution is 4.73. The highest BCUT2D eigenvalue weighted by Crippen LogP contribution is 2.27. The lowest BCUT2D eigenvalue weighted by atomic mass is 9.84. The summed E-state index contributed by atoms with van der Waals surface area (Å²) >= 11 is 0. The molecule has 0 aromatic rings. The first-order valence-corrected chi connectivity index (χ1v) is 6.62. The van der Waals surface area contributed by atoms with Crippen molar-refractivity contribution in [2.75, 3.05) is 13.2 Å². The van der Waals surface area contributed by atoms with E-state index >= 15 is 0 Å². The first-order valence-electron chi connectivity index (χ1n) is 6.62. The summed E-state index contributed by atoms with van der Waals surface area (Å²) in [5, 5.41) is 0. The Hall–Kier alpha value is -0.330. The average Bonchev–Trinajstić information content (AvgIpc) is 2.33. The van der Waals surface area contributed by atoms with Gasteiger partial charge in [0.1, 0.15) is 6.61 Å². The van der Waals surface area contributed by atoms with Crippen molar-refractivity contribution in [3.05, 3.63) is 0 Å². The van der Waals surface area contributed by atoms with Crippen LogP contribution in [-0.4, -0.2) is 25.4 Å². The van der Waals surface area contributed by atoms with E-state index in [0.717, 1.165) is 6.42 Å². The quantitative estimate of drug-likeness (QED) is 0.424. The van der Waals surface area contributed by atoms with Gasteiger partial charge in [0.25, 0.3) is 0 Å². The molecule has 0 radical (unpaired) electrons. The van der Waals surface area contributed by atoms with Crippen LogP contribution in [0.15, 0.2) is 0 Å². The Balaban J connectivity index is 2.12. The molecule has 18 heavy (non-hydrogen) atoms. The van der Waals surface area contributed by atoms with Crippen molar-refractivity contribution in [2.24, 2.45) is 11.8 Å². The van der Waals surface area contributed by atoms with Crippen LogP contribution in [0.3, 0.4) is 0 Å². The monoisotopic (exact) mass is 268 g/mol. The van der Waals surface area contributed by atoms with Gasteiger partial charge in [0.15, 0.2) is 0 Å². The minimum absolute atomic E-state index is 0.0568. The summed E-state index contributed by atoms with van der Waals surface area (Å²) in [5.74, 6) is 6.09. The minimum Gasteiger partial charge on any atom is -0.372 e. The molecule has 108 valence electrons. The van der Waals surface area contributed by atoms with Crippen molar-refractivity contribution in [1.82, 2.24) is 5.43 Å². The number of nitrogens with two attached hydrogens (primary N) is 1. The van der Waals surface area contributed by atoms with Gasteiger partial charge in [-0.25, -0.2) is 0 Å². The normalized spacial score (nSPS) is 20.0. The molecule has 1 saturated carbocycles. The second-order valence-electron chi connectivity index (χ2n) is 5.06. The number of nitrogens with one attached hydrogen (secondary N) is 1. The summed E-state index contributed by atoms with van der Waals surface area (Å²) < 4.78 is 40.2. The summed E-state index contributed by atoms with van der Waals surface area (Å²) in [7, 11) is 0. The SMILES string of the molecule is NNC(CCOCC(F)(F)F)CC1CCCCC1. The molecule has 0 heterocycles. The largest absolute Gasteiger partial charge is 0.411 e. The number of ether oxygens (including phenoxy) is 1. The third kappa shape index (κ3) is 7.18. The van der Waals surface area contributed by atoms with Crippen LogP contribution >= 0.6 is 0 Å². The molecule has 0 spiro atoms. The predicted molar refractivity (Wildman–Crippen MR) is 63.8 cm³/mol. The lowest BCUT2D eigenvalue weighted by Gasteiger charge is -2.26. The molecule has 0 bridgehead atoms. The Morgan fingerprint density at radius 2 is 1.89 bits per heavy atom. The van der Waals surface area contributed by atoms with E-state index in [9.17, 15) is 13.2 Å². The summed E-state index contributed by atoms with van der Waals surface area (Å²) in [6.45, 7) is -1.07. The summed E-state index contributed by atoms with van der Waals surface area (Å²) in [4.78, 5) is 0. The van der Waals surface area contributed by atoms with Gasteiger partial charge in [-0.2, -0.15) is 13.2 Å². The zero-order valence-corrected chi connectivity index (χ0v) is 10.6. The van der Waals surface area contributed by atoms with Crippen molar-refractivity contribution in [1.29, 1.82) is 0 Å². The van der Waals surface area contributed by atoms with Crippen molar-refractivity contribution in [3.8, 4) is 0 Å². The number of halogens is 3. The number of alkyl halides is 3. The van der Waals surface area contributed by atoms with Crippen molar-refractivity contribution in [2.45, 2.75) is 57.2 Å². The standard InChI is InChI=1S/C12H23F3N2O/c13-12(14,15)9-18-7-6-11(17-16)8-10-4-2-1-3-5-10/h10-11,17H,1-9,16H2. The fraction of sp³-hybridized carbons (Fsp3) is 1.00. The minimum atomic E-state index is -4.24. The molecule has 1 rings (SSSR count). The van der Waals surface area contributed by atoms with Gasteiger partial charge in [-0.05, 0) is 18.8 Å². The van der Waals surface area contributed by atoms with Crippen LogP contribution in [0, 0.1) is 5.92 Å². The maximum atomic E-state index is 11.9. The van der Waals surface area contributed by atoms with E-state index in [0.29, 0.717) is 12.3 Å². The zero-order chi connectivity index (χ0) is 13.4. The third-order valence-electron chi connectivity index (χ3n) is 3.45. The van der Waals surface area contributed by atoms with Crippen LogP contribution < -0.4 is 11.3 Å². The van der Waals surface area contributed by atoms with E-state index < -0.39 is 12.8 Å². The van der Waals surface area contributed by atoms with Gasteiger partial charge < -0.3 is 4.74 Å². The first-order chi connectivity index (χ1) is 8.51. The Morgan fingerprint density at radius 3 is 2.44 bits per heavy atom. The Labute approximate surface area is 106 Å². The molecule has 6 heteroatoms. The Kier molecular flexibility index (Phi) is 6.96. The molecule has 0 amide bonds. The zero-order valence-electron chi connectivity index (χ0n) is 10.6. The van der Waals surface area contributed by atoms with Crippen LogP contribution in [-0.2, 0) is 4.74 Å². The maximum absolute atomic E-state index is 11.9. The van der Waals surface area contributed by atoms with Gasteiger partial charge in [0.05, 0.1) is 0 Å². The molecule has 1 unspecified atom stereocenters. The average molecular weight is 268 g/mol. The molecule has 0 aromatic carbocycles. The molecule has 0 saturated heterocycles. The van der Waals surface area contributed by atoms with Gasteiger partial charge in [0, 0.05) is 12.6 Å². The van der Waals surface area contributed by atoms with Gasteiger partial charge in [0.2, 0.25) is 0 Å². The molecule has 1 atom stereocenters. The second kappa shape index (κ2) is 7.96. The fourth-order valence-electron chi connectivity index (χ4n) is 2.51. The van der Waals surface area contributed by atoms with Crippen LogP contribution in [0.1, 0.15) is 44.9 Å². The highest BCUT2D eigenvalue weighted by Gasteiger charge is 2.27. The Bertz CT molecular complexity index is 218. The number of hydrogen-bond acceptors (Lipinski definition) is 3. The van der Waals surface area contributed by atoms with E-state index in [1.807, 2.05) is 0 Å². The molecule has 0 aromatic heterocycles. The summed E-state index contributed by atoms with van der Waals surface area (Å²) in [5.41, 5.74) is 2.69. The topological polar surface area (TPSA) is 47.3 Å². The molecule has 0 aliphatic heterocycles. The van der Waals surface area contributed by atoms with E-state index in [2.05, 4.69) is 10.2 Å². The summed E-state index contributed by atoms with van der Waals surface area (Å²) in [6.07, 6.45) is 3.46. The third-order valence-corrected chi connectivity index (χ3v) is 3.45. The van der Waals surface area contributed by atoms with Gasteiger partial charge in [-0.3, -0.25) is 11.3 Å². The first kappa shape index (κ1) is 15.7. The van der Waals surface area contributed by atoms with Gasteiger partial charge in [-0.15, -0.1) is 0 Å². The number of rotatable bonds is 7. The van der Waals surface area contributed by atoms with Gasteiger partial charge in [-0.1, -0.05) is 32.1 Å². The molecule has 1 fully saturated rings. The molecular weight excluding hydrogens is 245 g/mol. The van der Waals surface area contributed by atoms with Gasteiger partial charge >= 0.3 is 6.18 Å². The van der Waals surface area contributed by atoms with Crippen LogP contribution in [0.2, 0.25) is 0 Å². The highest BCUT2D eigenvalue weighted by atomic mass is 19.4. The lowest BCUT2D eigenvalue weighted by molar-refractivity contribution is -0.174. The maximum Gasteiger partial charge on any atom is 0.411 e. The summed E-state index contributed by atoms with van der Waals surface area (Å²) in [6, 6.07) is 0.0568. The van der Waals surface area contributed by atoms with E-state index in [-0.39, 0.29) is 12.6 Å². The predicted octanol–water partition coefficient (Wildman–Crippen LogP) is 2.76. The molecule has 3 N–H and O–H groups in total. The van der Waals surface area contributed by atoms with Crippen LogP contribution in [0.25, 0.3) is 0 Å². The molecular formula is C12H23F3N2O. The fourth-order valence-corrected chi connectivity index (χ4v) is 2.51. The van der Waals surface area contributed by atoms with Crippen LogP contribution in [0.4, 0.5) is 13.2 Å². The van der Waals surface area contributed by atoms with E-state index in [1.165, 1.54) is 32.1 Å². The van der Waals surface area contributed by atoms with E-state index in [4.69, 9.17) is 5.84 Å². The molecule has 1 aliphatic rings. The van der Waals surface area contributed by atoms with E-state index in [1.54, 1.807) is 0 Å². The molecule has 1 aliphatic carbocycles. The second-order valence-corrected chi connectivity index (χ2v) is 5.06. The Morgan fingerprint density at radius 1 is 1.22 bits per heavy atom. The smallest absolute Gasteiger partial charge is 0.372 e. The number of hydrogen-bond donors (Lipinski definition) is 2. The van der Waals surface area contributed by atoms with Crippen molar-refractivity contribution < 1.29 is 17.9 Å². The number of hydrazine groups is 1.